The Labute approximate surface area is 145 Å². The summed E-state index contributed by atoms with van der Waals surface area (Å²) in [5, 5.41) is 0.494. The van der Waals surface area contributed by atoms with Gasteiger partial charge in [0.1, 0.15) is 11.5 Å². The fraction of sp³-hybridized carbons (Fsp3) is 0.200. The van der Waals surface area contributed by atoms with E-state index in [1.54, 1.807) is 18.2 Å². The smallest absolute Gasteiger partial charge is 0.240 e. The molecule has 2 aromatic rings. The van der Waals surface area contributed by atoms with Crippen molar-refractivity contribution in [3.63, 3.8) is 0 Å². The number of ether oxygens (including phenoxy) is 2. The third-order valence-corrected chi connectivity index (χ3v) is 4.90. The predicted molar refractivity (Wildman–Crippen MR) is 90.0 cm³/mol. The minimum absolute atomic E-state index is 0.00290. The van der Waals surface area contributed by atoms with E-state index in [2.05, 4.69) is 4.72 Å². The molecule has 0 unspecified atom stereocenters. The number of methoxy groups -OCH3 is 2. The van der Waals surface area contributed by atoms with Crippen molar-refractivity contribution in [2.24, 2.45) is 0 Å². The lowest BCUT2D eigenvalue weighted by molar-refractivity contribution is 0.398. The van der Waals surface area contributed by atoms with Gasteiger partial charge in [0.05, 0.1) is 19.1 Å². The number of nitrogens with one attached hydrogen (secondary N) is 1. The maximum absolute atomic E-state index is 12.4. The van der Waals surface area contributed by atoms with E-state index in [0.29, 0.717) is 17.1 Å². The van der Waals surface area contributed by atoms with E-state index in [1.165, 1.54) is 32.4 Å². The van der Waals surface area contributed by atoms with Gasteiger partial charge >= 0.3 is 0 Å². The van der Waals surface area contributed by atoms with Crippen LogP contribution in [-0.4, -0.2) is 22.6 Å². The fourth-order valence-electron chi connectivity index (χ4n) is 1.96. The lowest BCUT2D eigenvalue weighted by atomic mass is 10.2. The van der Waals surface area contributed by atoms with Crippen LogP contribution in [0.15, 0.2) is 41.3 Å². The standard InChI is InChI=1S/C15H15Cl2NO4S/c1-21-13-3-4-15(22-2)10(5-13)9-18-23(19,20)14-7-11(16)6-12(17)8-14/h3-8,18H,9H2,1-2H3. The first-order valence-electron chi connectivity index (χ1n) is 6.52. The number of hydrogen-bond donors (Lipinski definition) is 1. The SMILES string of the molecule is COc1ccc(OC)c(CNS(=O)(=O)c2cc(Cl)cc(Cl)c2)c1. The summed E-state index contributed by atoms with van der Waals surface area (Å²) >= 11 is 11.7. The maximum Gasteiger partial charge on any atom is 0.240 e. The Morgan fingerprint density at radius 1 is 1.00 bits per heavy atom. The molecule has 0 heterocycles. The van der Waals surface area contributed by atoms with Gasteiger partial charge in [0.2, 0.25) is 10.0 Å². The molecule has 2 rings (SSSR count). The molecule has 23 heavy (non-hydrogen) atoms. The Hall–Kier alpha value is -1.47. The fourth-order valence-corrected chi connectivity index (χ4v) is 3.69. The first kappa shape index (κ1) is 17.9. The first-order chi connectivity index (χ1) is 10.9. The first-order valence-corrected chi connectivity index (χ1v) is 8.76. The third kappa shape index (κ3) is 4.51. The van der Waals surface area contributed by atoms with Gasteiger partial charge in [-0.3, -0.25) is 0 Å². The summed E-state index contributed by atoms with van der Waals surface area (Å²) in [4.78, 5) is -0.00290. The summed E-state index contributed by atoms with van der Waals surface area (Å²) in [6.07, 6.45) is 0. The van der Waals surface area contributed by atoms with Crippen LogP contribution in [0.2, 0.25) is 10.0 Å². The molecule has 0 aliphatic rings. The number of hydrogen-bond acceptors (Lipinski definition) is 4. The predicted octanol–water partition coefficient (Wildman–Crippen LogP) is 3.49. The molecule has 0 aliphatic carbocycles. The van der Waals surface area contributed by atoms with Crippen molar-refractivity contribution in [3.8, 4) is 11.5 Å². The highest BCUT2D eigenvalue weighted by Gasteiger charge is 2.16. The Morgan fingerprint density at radius 2 is 1.65 bits per heavy atom. The molecular formula is C15H15Cl2NO4S. The van der Waals surface area contributed by atoms with Crippen LogP contribution in [-0.2, 0) is 16.6 Å². The van der Waals surface area contributed by atoms with E-state index < -0.39 is 10.0 Å². The van der Waals surface area contributed by atoms with Gasteiger partial charge in [-0.05, 0) is 36.4 Å². The molecule has 0 aromatic heterocycles. The number of rotatable bonds is 6. The highest BCUT2D eigenvalue weighted by molar-refractivity contribution is 7.89. The van der Waals surface area contributed by atoms with Crippen LogP contribution in [0.4, 0.5) is 0 Å². The average molecular weight is 376 g/mol. The molecule has 2 aromatic carbocycles. The zero-order valence-electron chi connectivity index (χ0n) is 12.5. The molecule has 0 amide bonds. The van der Waals surface area contributed by atoms with Crippen molar-refractivity contribution in [3.05, 3.63) is 52.0 Å². The zero-order valence-corrected chi connectivity index (χ0v) is 14.8. The van der Waals surface area contributed by atoms with Gasteiger partial charge in [-0.1, -0.05) is 23.2 Å². The van der Waals surface area contributed by atoms with E-state index in [-0.39, 0.29) is 21.5 Å². The van der Waals surface area contributed by atoms with Crippen molar-refractivity contribution in [2.75, 3.05) is 14.2 Å². The summed E-state index contributed by atoms with van der Waals surface area (Å²) in [5.74, 6) is 1.16. The van der Waals surface area contributed by atoms with Crippen LogP contribution in [0.3, 0.4) is 0 Å². The van der Waals surface area contributed by atoms with Crippen molar-refractivity contribution in [2.45, 2.75) is 11.4 Å². The van der Waals surface area contributed by atoms with E-state index in [4.69, 9.17) is 32.7 Å². The van der Waals surface area contributed by atoms with Crippen LogP contribution in [0.1, 0.15) is 5.56 Å². The highest BCUT2D eigenvalue weighted by Crippen LogP contribution is 2.25. The van der Waals surface area contributed by atoms with Crippen molar-refractivity contribution < 1.29 is 17.9 Å². The van der Waals surface area contributed by atoms with Gasteiger partial charge < -0.3 is 9.47 Å². The molecule has 0 saturated heterocycles. The lowest BCUT2D eigenvalue weighted by Gasteiger charge is -2.12. The van der Waals surface area contributed by atoms with Crippen molar-refractivity contribution >= 4 is 33.2 Å². The molecule has 0 aliphatic heterocycles. The van der Waals surface area contributed by atoms with Gasteiger partial charge in [0.25, 0.3) is 0 Å². The molecule has 0 saturated carbocycles. The molecule has 5 nitrogen and oxygen atoms in total. The summed E-state index contributed by atoms with van der Waals surface area (Å²) < 4.78 is 37.6. The minimum atomic E-state index is -3.76. The van der Waals surface area contributed by atoms with E-state index in [9.17, 15) is 8.42 Å². The molecule has 124 valence electrons. The average Bonchev–Trinajstić information content (AvgIpc) is 2.51. The monoisotopic (exact) mass is 375 g/mol. The summed E-state index contributed by atoms with van der Waals surface area (Å²) in [5.41, 5.74) is 0.642. The molecule has 1 N–H and O–H groups in total. The summed E-state index contributed by atoms with van der Waals surface area (Å²) in [6.45, 7) is 0.0346. The molecule has 0 atom stereocenters. The largest absolute Gasteiger partial charge is 0.497 e. The lowest BCUT2D eigenvalue weighted by Crippen LogP contribution is -2.23. The van der Waals surface area contributed by atoms with Gasteiger partial charge in [-0.25, -0.2) is 13.1 Å². The van der Waals surface area contributed by atoms with Crippen LogP contribution >= 0.6 is 23.2 Å². The van der Waals surface area contributed by atoms with Gasteiger partial charge in [-0.15, -0.1) is 0 Å². The van der Waals surface area contributed by atoms with Crippen LogP contribution in [0, 0.1) is 0 Å². The Balaban J connectivity index is 2.25. The second-order valence-electron chi connectivity index (χ2n) is 4.61. The van der Waals surface area contributed by atoms with Crippen LogP contribution in [0.25, 0.3) is 0 Å². The van der Waals surface area contributed by atoms with Gasteiger partial charge in [-0.2, -0.15) is 0 Å². The van der Waals surface area contributed by atoms with Crippen LogP contribution in [0.5, 0.6) is 11.5 Å². The number of sulfonamides is 1. The third-order valence-electron chi connectivity index (χ3n) is 3.09. The van der Waals surface area contributed by atoms with E-state index in [0.717, 1.165) is 0 Å². The molecular weight excluding hydrogens is 361 g/mol. The summed E-state index contributed by atoms with van der Waals surface area (Å²) in [7, 11) is -0.721. The number of halogens is 2. The Kier molecular flexibility index (Phi) is 5.75. The van der Waals surface area contributed by atoms with E-state index >= 15 is 0 Å². The van der Waals surface area contributed by atoms with E-state index in [1.807, 2.05) is 0 Å². The molecule has 0 fully saturated rings. The molecule has 8 heteroatoms. The quantitative estimate of drug-likeness (QED) is 0.838. The second-order valence-corrected chi connectivity index (χ2v) is 7.25. The molecule has 0 bridgehead atoms. The van der Waals surface area contributed by atoms with Crippen molar-refractivity contribution in [1.29, 1.82) is 0 Å². The Morgan fingerprint density at radius 3 is 2.22 bits per heavy atom. The topological polar surface area (TPSA) is 64.6 Å². The second kappa shape index (κ2) is 7.40. The summed E-state index contributed by atoms with van der Waals surface area (Å²) in [6, 6.07) is 9.27. The molecule has 0 radical (unpaired) electrons. The normalized spacial score (nSPS) is 11.3. The van der Waals surface area contributed by atoms with Gasteiger partial charge in [0, 0.05) is 22.2 Å². The minimum Gasteiger partial charge on any atom is -0.497 e. The zero-order chi connectivity index (χ0) is 17.0. The molecule has 0 spiro atoms. The highest BCUT2D eigenvalue weighted by atomic mass is 35.5. The number of benzene rings is 2. The van der Waals surface area contributed by atoms with Crippen LogP contribution < -0.4 is 14.2 Å². The van der Waals surface area contributed by atoms with Gasteiger partial charge in [0.15, 0.2) is 0 Å². The Bertz CT molecular complexity index is 789. The van der Waals surface area contributed by atoms with Crippen molar-refractivity contribution in [1.82, 2.24) is 4.72 Å². The maximum atomic E-state index is 12.4.